The number of benzene rings is 2. The fourth-order valence-electron chi connectivity index (χ4n) is 2.75. The molecule has 4 aromatic rings. The molecular weight excluding hydrogens is 409 g/mol. The quantitative estimate of drug-likeness (QED) is 0.487. The molecule has 2 aromatic carbocycles. The molecule has 0 amide bonds. The highest BCUT2D eigenvalue weighted by Crippen LogP contribution is 2.32. The largest absolute Gasteiger partial charge is 0.497 e. The lowest BCUT2D eigenvalue weighted by Gasteiger charge is -2.05. The third kappa shape index (κ3) is 3.79. The Morgan fingerprint density at radius 2 is 1.77 bits per heavy atom. The Bertz CT molecular complexity index is 1210. The predicted molar refractivity (Wildman–Crippen MR) is 108 cm³/mol. The minimum Gasteiger partial charge on any atom is -0.497 e. The van der Waals surface area contributed by atoms with E-state index in [4.69, 9.17) is 21.1 Å². The van der Waals surface area contributed by atoms with Gasteiger partial charge in [0.1, 0.15) is 29.2 Å². The Morgan fingerprint density at radius 1 is 1.07 bits per heavy atom. The lowest BCUT2D eigenvalue weighted by atomic mass is 10.2. The van der Waals surface area contributed by atoms with Crippen molar-refractivity contribution in [3.63, 3.8) is 0 Å². The average molecular weight is 422 g/mol. The van der Waals surface area contributed by atoms with Gasteiger partial charge in [0, 0.05) is 18.0 Å². The maximum absolute atomic E-state index is 14.2. The first-order valence-electron chi connectivity index (χ1n) is 8.68. The first-order valence-corrected chi connectivity index (χ1v) is 9.05. The summed E-state index contributed by atoms with van der Waals surface area (Å²) in [6, 6.07) is 13.4. The van der Waals surface area contributed by atoms with Crippen LogP contribution in [0.25, 0.3) is 22.6 Å². The lowest BCUT2D eigenvalue weighted by molar-refractivity contribution is 0.410. The lowest BCUT2D eigenvalue weighted by Crippen LogP contribution is -1.93. The van der Waals surface area contributed by atoms with E-state index in [-0.39, 0.29) is 28.1 Å². The number of hydrogen-bond donors (Lipinski definition) is 1. The molecule has 0 radical (unpaired) electrons. The summed E-state index contributed by atoms with van der Waals surface area (Å²) in [5.74, 6) is 0.835. The van der Waals surface area contributed by atoms with Crippen molar-refractivity contribution in [2.45, 2.75) is 0 Å². The van der Waals surface area contributed by atoms with Crippen LogP contribution < -0.4 is 9.47 Å². The standard InChI is InChI=1S/C21H13ClFN5O2/c1-29-13-5-7-14(8-6-13)30-21-25-10-12(11-26-21)19-17(9-24)27-20(28-19)18-15(22)3-2-4-16(18)23/h2-8,10-11H,1H3,(H,27,28). The number of rotatable bonds is 5. The van der Waals surface area contributed by atoms with Crippen LogP contribution in [0.1, 0.15) is 5.69 Å². The van der Waals surface area contributed by atoms with Crippen LogP contribution in [-0.4, -0.2) is 27.0 Å². The van der Waals surface area contributed by atoms with Crippen molar-refractivity contribution in [1.82, 2.24) is 19.9 Å². The fourth-order valence-corrected chi connectivity index (χ4v) is 3.01. The number of imidazole rings is 1. The topological polar surface area (TPSA) is 96.7 Å². The van der Waals surface area contributed by atoms with Crippen LogP contribution in [0.3, 0.4) is 0 Å². The van der Waals surface area contributed by atoms with Crippen molar-refractivity contribution in [3.05, 3.63) is 71.4 Å². The summed E-state index contributed by atoms with van der Waals surface area (Å²) in [6.07, 6.45) is 2.96. The highest BCUT2D eigenvalue weighted by atomic mass is 35.5. The molecule has 0 unspecified atom stereocenters. The number of methoxy groups -OCH3 is 1. The van der Waals surface area contributed by atoms with Crippen molar-refractivity contribution < 1.29 is 13.9 Å². The molecule has 1 N–H and O–H groups in total. The second-order valence-corrected chi connectivity index (χ2v) is 6.46. The normalized spacial score (nSPS) is 10.5. The number of aromatic amines is 1. The highest BCUT2D eigenvalue weighted by Gasteiger charge is 2.18. The summed E-state index contributed by atoms with van der Waals surface area (Å²) in [6.45, 7) is 0. The molecule has 148 valence electrons. The van der Waals surface area contributed by atoms with Gasteiger partial charge in [-0.1, -0.05) is 17.7 Å². The molecule has 2 heterocycles. The Labute approximate surface area is 175 Å². The molecule has 0 fully saturated rings. The predicted octanol–water partition coefficient (Wildman–Crippen LogP) is 5.00. The van der Waals surface area contributed by atoms with Gasteiger partial charge in [0.2, 0.25) is 0 Å². The number of hydrogen-bond acceptors (Lipinski definition) is 6. The minimum atomic E-state index is -0.549. The molecule has 0 saturated carbocycles. The van der Waals surface area contributed by atoms with Crippen LogP contribution >= 0.6 is 11.6 Å². The van der Waals surface area contributed by atoms with Gasteiger partial charge in [-0.2, -0.15) is 5.26 Å². The summed E-state index contributed by atoms with van der Waals surface area (Å²) in [5, 5.41) is 9.62. The number of ether oxygens (including phenoxy) is 2. The highest BCUT2D eigenvalue weighted by molar-refractivity contribution is 6.33. The number of H-pyrrole nitrogens is 1. The van der Waals surface area contributed by atoms with Crippen molar-refractivity contribution in [2.75, 3.05) is 7.11 Å². The SMILES string of the molecule is COc1ccc(Oc2ncc(-c3[nH]c(-c4c(F)cccc4Cl)nc3C#N)cn2)cc1. The summed E-state index contributed by atoms with van der Waals surface area (Å²) in [7, 11) is 1.58. The summed E-state index contributed by atoms with van der Waals surface area (Å²) in [4.78, 5) is 15.4. The molecule has 30 heavy (non-hydrogen) atoms. The van der Waals surface area contributed by atoms with Gasteiger partial charge in [0.25, 0.3) is 0 Å². The van der Waals surface area contributed by atoms with Crippen LogP contribution in [0.2, 0.25) is 5.02 Å². The van der Waals surface area contributed by atoms with Gasteiger partial charge in [0.05, 0.1) is 23.4 Å². The Kier molecular flexibility index (Phi) is 5.28. The second kappa shape index (κ2) is 8.19. The van der Waals surface area contributed by atoms with E-state index in [0.29, 0.717) is 22.8 Å². The monoisotopic (exact) mass is 421 g/mol. The van der Waals surface area contributed by atoms with Crippen LogP contribution in [-0.2, 0) is 0 Å². The number of halogens is 2. The maximum Gasteiger partial charge on any atom is 0.321 e. The zero-order valence-corrected chi connectivity index (χ0v) is 16.3. The van der Waals surface area contributed by atoms with Crippen LogP contribution in [0, 0.1) is 17.1 Å². The summed E-state index contributed by atoms with van der Waals surface area (Å²) < 4.78 is 24.9. The molecule has 0 spiro atoms. The van der Waals surface area contributed by atoms with Crippen LogP contribution in [0.4, 0.5) is 4.39 Å². The second-order valence-electron chi connectivity index (χ2n) is 6.05. The smallest absolute Gasteiger partial charge is 0.321 e. The third-order valence-electron chi connectivity index (χ3n) is 4.19. The van der Waals surface area contributed by atoms with E-state index >= 15 is 0 Å². The maximum atomic E-state index is 14.2. The van der Waals surface area contributed by atoms with Gasteiger partial charge in [-0.3, -0.25) is 0 Å². The van der Waals surface area contributed by atoms with E-state index in [9.17, 15) is 9.65 Å². The molecule has 0 aliphatic heterocycles. The summed E-state index contributed by atoms with van der Waals surface area (Å²) >= 11 is 6.10. The van der Waals surface area contributed by atoms with Gasteiger partial charge in [-0.15, -0.1) is 0 Å². The first kappa shape index (κ1) is 19.4. The average Bonchev–Trinajstić information content (AvgIpc) is 3.19. The minimum absolute atomic E-state index is 0.0664. The Balaban J connectivity index is 1.62. The van der Waals surface area contributed by atoms with Crippen LogP contribution in [0.5, 0.6) is 17.5 Å². The van der Waals surface area contributed by atoms with Crippen molar-refractivity contribution >= 4 is 11.6 Å². The molecule has 2 aromatic heterocycles. The van der Waals surface area contributed by atoms with E-state index in [0.717, 1.165) is 0 Å². The van der Waals surface area contributed by atoms with E-state index < -0.39 is 5.82 Å². The van der Waals surface area contributed by atoms with Gasteiger partial charge in [-0.25, -0.2) is 19.3 Å². The molecule has 0 aliphatic carbocycles. The van der Waals surface area contributed by atoms with Gasteiger partial charge < -0.3 is 14.5 Å². The molecular formula is C21H13ClFN5O2. The molecule has 9 heteroatoms. The van der Waals surface area contributed by atoms with E-state index in [2.05, 4.69) is 19.9 Å². The van der Waals surface area contributed by atoms with Gasteiger partial charge >= 0.3 is 6.01 Å². The van der Waals surface area contributed by atoms with Crippen LogP contribution in [0.15, 0.2) is 54.9 Å². The molecule has 4 rings (SSSR count). The third-order valence-corrected chi connectivity index (χ3v) is 4.51. The molecule has 0 bridgehead atoms. The van der Waals surface area contributed by atoms with E-state index in [1.54, 1.807) is 37.4 Å². The van der Waals surface area contributed by atoms with Crippen molar-refractivity contribution in [3.8, 4) is 46.2 Å². The Hall–Kier alpha value is -3.96. The zero-order valence-electron chi connectivity index (χ0n) is 15.6. The number of nitrogens with zero attached hydrogens (tertiary/aromatic N) is 4. The van der Waals surface area contributed by atoms with E-state index in [1.807, 2.05) is 6.07 Å². The van der Waals surface area contributed by atoms with Crippen molar-refractivity contribution in [2.24, 2.45) is 0 Å². The zero-order chi connectivity index (χ0) is 21.1. The number of nitriles is 1. The molecule has 0 saturated heterocycles. The Morgan fingerprint density at radius 3 is 2.40 bits per heavy atom. The summed E-state index contributed by atoms with van der Waals surface area (Å²) in [5.41, 5.74) is 0.988. The number of aromatic nitrogens is 4. The molecule has 7 nitrogen and oxygen atoms in total. The van der Waals surface area contributed by atoms with Crippen molar-refractivity contribution in [1.29, 1.82) is 5.26 Å². The molecule has 0 atom stereocenters. The fraction of sp³-hybridized carbons (Fsp3) is 0.0476. The van der Waals surface area contributed by atoms with Gasteiger partial charge in [0.15, 0.2) is 5.69 Å². The van der Waals surface area contributed by atoms with Gasteiger partial charge in [-0.05, 0) is 36.4 Å². The van der Waals surface area contributed by atoms with E-state index in [1.165, 1.54) is 24.5 Å². The first-order chi connectivity index (χ1) is 14.6. The number of nitrogens with one attached hydrogen (secondary N) is 1. The molecule has 0 aliphatic rings.